The van der Waals surface area contributed by atoms with Gasteiger partial charge in [-0.3, -0.25) is 4.99 Å². The van der Waals surface area contributed by atoms with E-state index in [0.29, 0.717) is 5.95 Å². The van der Waals surface area contributed by atoms with Crippen LogP contribution in [0.2, 0.25) is 0 Å². The molecule has 0 radical (unpaired) electrons. The summed E-state index contributed by atoms with van der Waals surface area (Å²) in [5.41, 5.74) is 15.3. The molecule has 1 atom stereocenters. The van der Waals surface area contributed by atoms with Crippen molar-refractivity contribution in [1.29, 1.82) is 0 Å². The molecule has 0 bridgehead atoms. The molecule has 0 spiro atoms. The lowest BCUT2D eigenvalue weighted by atomic mass is 9.92. The molecule has 4 heteroatoms. The van der Waals surface area contributed by atoms with Crippen molar-refractivity contribution in [1.82, 2.24) is 9.97 Å². The third kappa shape index (κ3) is 4.64. The van der Waals surface area contributed by atoms with E-state index in [4.69, 9.17) is 5.73 Å². The highest BCUT2D eigenvalue weighted by Crippen LogP contribution is 2.48. The number of hydrogen-bond acceptors (Lipinski definition) is 4. The first-order chi connectivity index (χ1) is 14.0. The molecule has 0 aliphatic heterocycles. The van der Waals surface area contributed by atoms with Crippen LogP contribution in [0.15, 0.2) is 52.2 Å². The molecule has 0 amide bonds. The van der Waals surface area contributed by atoms with Crippen LogP contribution in [0.3, 0.4) is 0 Å². The summed E-state index contributed by atoms with van der Waals surface area (Å²) >= 11 is 0. The molecule has 1 heterocycles. The zero-order valence-corrected chi connectivity index (χ0v) is 18.9. The predicted octanol–water partition coefficient (Wildman–Crippen LogP) is 6.72. The Morgan fingerprint density at radius 1 is 1.17 bits per heavy atom. The zero-order chi connectivity index (χ0) is 21.6. The van der Waals surface area contributed by atoms with Crippen LogP contribution in [0.4, 0.5) is 5.95 Å². The van der Waals surface area contributed by atoms with E-state index in [-0.39, 0.29) is 7.34 Å². The largest absolute Gasteiger partial charge is 0.368 e. The summed E-state index contributed by atoms with van der Waals surface area (Å²) in [4.78, 5) is 13.8. The number of fused-ring (bicyclic) bond motifs is 1. The molecule has 4 nitrogen and oxygen atoms in total. The Kier molecular flexibility index (Phi) is 7.89. The summed E-state index contributed by atoms with van der Waals surface area (Å²) < 4.78 is 0. The van der Waals surface area contributed by atoms with E-state index in [1.54, 1.807) is 0 Å². The topological polar surface area (TPSA) is 64.2 Å². The first-order valence-corrected chi connectivity index (χ1v) is 10.6. The van der Waals surface area contributed by atoms with Gasteiger partial charge < -0.3 is 5.73 Å². The van der Waals surface area contributed by atoms with Crippen molar-refractivity contribution in [3.63, 3.8) is 0 Å². The predicted molar refractivity (Wildman–Crippen MR) is 127 cm³/mol. The number of aromatic nitrogens is 2. The Bertz CT molecular complexity index is 943. The minimum atomic E-state index is 0. The number of aryl methyl sites for hydroxylation is 1. The highest BCUT2D eigenvalue weighted by molar-refractivity contribution is 5.88. The average Bonchev–Trinajstić information content (AvgIpc) is 3.01. The van der Waals surface area contributed by atoms with Gasteiger partial charge in [0.25, 0.3) is 0 Å². The third-order valence-electron chi connectivity index (χ3n) is 5.40. The van der Waals surface area contributed by atoms with E-state index in [2.05, 4.69) is 60.0 Å². The van der Waals surface area contributed by atoms with E-state index < -0.39 is 0 Å². The van der Waals surface area contributed by atoms with Gasteiger partial charge in [0.15, 0.2) is 0 Å². The van der Waals surface area contributed by atoms with Crippen molar-refractivity contribution in [2.75, 3.05) is 5.73 Å². The maximum Gasteiger partial charge on any atom is 0.220 e. The average molecular weight is 393 g/mol. The summed E-state index contributed by atoms with van der Waals surface area (Å²) in [6, 6.07) is 10.5. The lowest BCUT2D eigenvalue weighted by molar-refractivity contribution is 0.746. The first-order valence-electron chi connectivity index (χ1n) is 10.6. The van der Waals surface area contributed by atoms with Gasteiger partial charge in [-0.15, -0.1) is 0 Å². The van der Waals surface area contributed by atoms with Gasteiger partial charge in [-0.1, -0.05) is 62.2 Å². The van der Waals surface area contributed by atoms with Gasteiger partial charge in [0, 0.05) is 31.2 Å². The van der Waals surface area contributed by atoms with Gasteiger partial charge in [0.2, 0.25) is 5.95 Å². The van der Waals surface area contributed by atoms with Crippen molar-refractivity contribution >= 4 is 17.7 Å². The summed E-state index contributed by atoms with van der Waals surface area (Å²) in [7, 11) is 0. The Morgan fingerprint density at radius 3 is 2.41 bits per heavy atom. The summed E-state index contributed by atoms with van der Waals surface area (Å²) in [5, 5.41) is 0. The molecule has 2 aromatic rings. The molecule has 0 saturated carbocycles. The molecule has 1 unspecified atom stereocenters. The van der Waals surface area contributed by atoms with Crippen molar-refractivity contribution < 1.29 is 1.43 Å². The number of allylic oxidation sites excluding steroid dienone is 3. The Labute approximate surface area is 177 Å². The fraction of sp³-hybridized carbons (Fsp3) is 0.400. The fourth-order valence-electron chi connectivity index (χ4n) is 3.87. The van der Waals surface area contributed by atoms with Crippen LogP contribution < -0.4 is 5.73 Å². The fourth-order valence-corrected chi connectivity index (χ4v) is 3.87. The van der Waals surface area contributed by atoms with E-state index in [0.717, 1.165) is 35.5 Å². The van der Waals surface area contributed by atoms with Gasteiger partial charge in [-0.05, 0) is 45.3 Å². The molecule has 3 rings (SSSR count). The smallest absolute Gasteiger partial charge is 0.220 e. The summed E-state index contributed by atoms with van der Waals surface area (Å²) in [6.07, 6.45) is 3.70. The quantitative estimate of drug-likeness (QED) is 0.574. The van der Waals surface area contributed by atoms with Crippen LogP contribution in [0.25, 0.3) is 5.57 Å². The van der Waals surface area contributed by atoms with E-state index in [1.165, 1.54) is 22.3 Å². The zero-order valence-electron chi connectivity index (χ0n) is 18.9. The Morgan fingerprint density at radius 2 is 1.83 bits per heavy atom. The molecule has 156 valence electrons. The number of aliphatic imine (C=N–C) groups is 1. The second kappa shape index (κ2) is 10.1. The van der Waals surface area contributed by atoms with Crippen LogP contribution in [0.1, 0.15) is 84.2 Å². The Hall–Kier alpha value is -2.75. The second-order valence-corrected chi connectivity index (χ2v) is 7.08. The molecule has 0 fully saturated rings. The van der Waals surface area contributed by atoms with Gasteiger partial charge in [-0.2, -0.15) is 0 Å². The van der Waals surface area contributed by atoms with Crippen LogP contribution in [0, 0.1) is 6.92 Å². The number of nitrogens with zero attached hydrogens (tertiary/aromatic N) is 3. The maximum atomic E-state index is 6.02. The van der Waals surface area contributed by atoms with Crippen LogP contribution in [-0.4, -0.2) is 16.2 Å². The molecular formula is C25H36N4. The number of hydrogen-bond donors (Lipinski definition) is 1. The second-order valence-electron chi connectivity index (χ2n) is 7.08. The van der Waals surface area contributed by atoms with Gasteiger partial charge in [0.1, 0.15) is 0 Å². The number of rotatable bonds is 5. The van der Waals surface area contributed by atoms with Crippen molar-refractivity contribution in [3.8, 4) is 0 Å². The minimum Gasteiger partial charge on any atom is -0.368 e. The molecule has 1 aliphatic rings. The van der Waals surface area contributed by atoms with Crippen molar-refractivity contribution in [3.05, 3.63) is 69.7 Å². The monoisotopic (exact) mass is 392 g/mol. The molecular weight excluding hydrogens is 356 g/mol. The van der Waals surface area contributed by atoms with Crippen molar-refractivity contribution in [2.24, 2.45) is 4.99 Å². The molecule has 29 heavy (non-hydrogen) atoms. The highest BCUT2D eigenvalue weighted by Gasteiger charge is 2.33. The van der Waals surface area contributed by atoms with Gasteiger partial charge in [-0.25, -0.2) is 9.97 Å². The molecule has 1 aromatic carbocycles. The third-order valence-corrected chi connectivity index (χ3v) is 5.40. The summed E-state index contributed by atoms with van der Waals surface area (Å²) in [5.74, 6) is 0.509. The first kappa shape index (κ1) is 22.5. The van der Waals surface area contributed by atoms with E-state index in [1.807, 2.05) is 40.0 Å². The van der Waals surface area contributed by atoms with E-state index in [9.17, 15) is 0 Å². The number of nitrogens with two attached hydrogens (primary N) is 1. The Balaban J connectivity index is 0.00000146. The van der Waals surface area contributed by atoms with Crippen LogP contribution in [-0.2, 0) is 0 Å². The number of nitrogen functional groups attached to an aromatic ring is 1. The SMILES string of the molecule is CC.CC=N/C(CC1C(C)=C(c2ccccc2)c2c(C)nc(N)nc21)=C(/C)CC.[HH]. The minimum absolute atomic E-state index is 0. The molecule has 1 aliphatic carbocycles. The van der Waals surface area contributed by atoms with Crippen molar-refractivity contribution in [2.45, 2.75) is 67.2 Å². The molecule has 0 saturated heterocycles. The standard InChI is InChI=1S/C23H28N4.C2H6.H2/c1-6-14(3)19(25-7-2)13-18-15(4)20(17-11-9-8-10-12-17)21-16(5)26-23(24)27-22(18)21;1-2;/h7-12,18H,6,13H2,1-5H3,(H2,24,26,27);1-2H3;1H/b19-14-,25-7?;;. The molecule has 2 N–H and O–H groups in total. The number of benzene rings is 1. The normalized spacial score (nSPS) is 16.4. The maximum absolute atomic E-state index is 6.02. The molecule has 1 aromatic heterocycles. The van der Waals surface area contributed by atoms with Crippen LogP contribution >= 0.6 is 0 Å². The summed E-state index contributed by atoms with van der Waals surface area (Å²) in [6.45, 7) is 14.5. The van der Waals surface area contributed by atoms with Gasteiger partial charge in [0.05, 0.1) is 11.4 Å². The lowest BCUT2D eigenvalue weighted by Crippen LogP contribution is -2.07. The van der Waals surface area contributed by atoms with E-state index >= 15 is 0 Å². The lowest BCUT2D eigenvalue weighted by Gasteiger charge is -2.16. The highest BCUT2D eigenvalue weighted by atomic mass is 15.0. The van der Waals surface area contributed by atoms with Gasteiger partial charge >= 0.3 is 0 Å². The number of anilines is 1. The van der Waals surface area contributed by atoms with Crippen LogP contribution in [0.5, 0.6) is 0 Å².